The van der Waals surface area contributed by atoms with Gasteiger partial charge >= 0.3 is 0 Å². The van der Waals surface area contributed by atoms with Gasteiger partial charge in [-0.1, -0.05) is 17.2 Å². The molecule has 0 amide bonds. The number of Topliss-reactive ketones (excluding diaryl/α,β-unsaturated/α-hetero) is 1. The van der Waals surface area contributed by atoms with Crippen molar-refractivity contribution in [2.45, 2.75) is 33.6 Å². The van der Waals surface area contributed by atoms with E-state index in [0.29, 0.717) is 12.8 Å². The number of hydrogen-bond acceptors (Lipinski definition) is 1. The first-order valence-corrected chi connectivity index (χ1v) is 5.14. The molecule has 0 unspecified atom stereocenters. The summed E-state index contributed by atoms with van der Waals surface area (Å²) in [5.74, 6) is 5.89. The molecule has 0 saturated heterocycles. The van der Waals surface area contributed by atoms with Crippen LogP contribution in [0.3, 0.4) is 0 Å². The lowest BCUT2D eigenvalue weighted by Crippen LogP contribution is -1.99. The van der Waals surface area contributed by atoms with Crippen molar-refractivity contribution >= 4 is 5.78 Å². The van der Waals surface area contributed by atoms with Crippen LogP contribution in [0.25, 0.3) is 0 Å². The van der Waals surface area contributed by atoms with E-state index in [1.807, 2.05) is 26.0 Å². The zero-order chi connectivity index (χ0) is 11.3. The molecule has 15 heavy (non-hydrogen) atoms. The third-order valence-electron chi connectivity index (χ3n) is 2.20. The van der Waals surface area contributed by atoms with Crippen molar-refractivity contribution in [3.8, 4) is 11.8 Å². The van der Waals surface area contributed by atoms with Crippen molar-refractivity contribution in [2.75, 3.05) is 0 Å². The number of carbonyl (C=O) groups is 1. The molecule has 0 atom stereocenters. The number of hydrogen-bond donors (Lipinski definition) is 0. The topological polar surface area (TPSA) is 17.1 Å². The highest BCUT2D eigenvalue weighted by Gasteiger charge is 2.05. The number of ketones is 1. The van der Waals surface area contributed by atoms with Gasteiger partial charge in [0.2, 0.25) is 0 Å². The summed E-state index contributed by atoms with van der Waals surface area (Å²) in [6.07, 6.45) is 1.17. The second kappa shape index (κ2) is 5.36. The number of aryl methyl sites for hydroxylation is 2. The maximum absolute atomic E-state index is 11.8. The van der Waals surface area contributed by atoms with Crippen molar-refractivity contribution in [3.63, 3.8) is 0 Å². The fourth-order valence-electron chi connectivity index (χ4n) is 1.58. The Kier molecular flexibility index (Phi) is 4.12. The maximum atomic E-state index is 11.8. The van der Waals surface area contributed by atoms with E-state index in [9.17, 15) is 4.79 Å². The summed E-state index contributed by atoms with van der Waals surface area (Å²) in [4.78, 5) is 11.8. The number of benzene rings is 1. The predicted octanol–water partition coefficient (Wildman–Crippen LogP) is 3.29. The molecule has 0 aromatic heterocycles. The smallest absolute Gasteiger partial charge is 0.163 e. The molecule has 1 nitrogen and oxygen atoms in total. The summed E-state index contributed by atoms with van der Waals surface area (Å²) in [5, 5.41) is 0. The Morgan fingerprint density at radius 2 is 1.80 bits per heavy atom. The van der Waals surface area contributed by atoms with Crippen LogP contribution in [0.5, 0.6) is 0 Å². The molecule has 0 bridgehead atoms. The zero-order valence-corrected chi connectivity index (χ0v) is 9.55. The van der Waals surface area contributed by atoms with Gasteiger partial charge in [0, 0.05) is 18.4 Å². The minimum absolute atomic E-state index is 0.185. The maximum Gasteiger partial charge on any atom is 0.163 e. The fourth-order valence-corrected chi connectivity index (χ4v) is 1.58. The molecule has 0 N–H and O–H groups in total. The number of carbonyl (C=O) groups excluding carboxylic acids is 1. The van der Waals surface area contributed by atoms with E-state index in [1.54, 1.807) is 6.92 Å². The van der Waals surface area contributed by atoms with E-state index in [-0.39, 0.29) is 5.78 Å². The summed E-state index contributed by atoms with van der Waals surface area (Å²) >= 11 is 0. The second-order valence-corrected chi connectivity index (χ2v) is 3.73. The molecule has 0 saturated carbocycles. The lowest BCUT2D eigenvalue weighted by Gasteiger charge is -2.02. The SMILES string of the molecule is CC#CCCC(=O)c1cc(C)cc(C)c1. The molecule has 0 heterocycles. The van der Waals surface area contributed by atoms with Gasteiger partial charge in [0.05, 0.1) is 0 Å². The van der Waals surface area contributed by atoms with Crippen LogP contribution in [0.2, 0.25) is 0 Å². The Labute approximate surface area is 91.5 Å². The second-order valence-electron chi connectivity index (χ2n) is 3.73. The van der Waals surface area contributed by atoms with E-state index >= 15 is 0 Å². The molecule has 0 radical (unpaired) electrons. The van der Waals surface area contributed by atoms with Gasteiger partial charge in [0.1, 0.15) is 0 Å². The van der Waals surface area contributed by atoms with Gasteiger partial charge in [-0.05, 0) is 32.9 Å². The van der Waals surface area contributed by atoms with Gasteiger partial charge < -0.3 is 0 Å². The van der Waals surface area contributed by atoms with Crippen molar-refractivity contribution in [1.82, 2.24) is 0 Å². The lowest BCUT2D eigenvalue weighted by atomic mass is 10.0. The normalized spacial score (nSPS) is 9.27. The summed E-state index contributed by atoms with van der Waals surface area (Å²) in [6.45, 7) is 5.81. The van der Waals surface area contributed by atoms with Crippen LogP contribution >= 0.6 is 0 Å². The van der Waals surface area contributed by atoms with Crippen molar-refractivity contribution < 1.29 is 4.79 Å². The number of rotatable bonds is 3. The molecule has 78 valence electrons. The van der Waals surface area contributed by atoms with Crippen LogP contribution in [0.4, 0.5) is 0 Å². The first kappa shape index (κ1) is 11.5. The largest absolute Gasteiger partial charge is 0.294 e. The van der Waals surface area contributed by atoms with E-state index in [0.717, 1.165) is 16.7 Å². The van der Waals surface area contributed by atoms with Gasteiger partial charge in [-0.3, -0.25) is 4.79 Å². The van der Waals surface area contributed by atoms with Gasteiger partial charge in [-0.15, -0.1) is 11.8 Å². The third-order valence-corrected chi connectivity index (χ3v) is 2.20. The quantitative estimate of drug-likeness (QED) is 0.540. The van der Waals surface area contributed by atoms with Gasteiger partial charge in [0.25, 0.3) is 0 Å². The van der Waals surface area contributed by atoms with E-state index in [2.05, 4.69) is 17.9 Å². The fraction of sp³-hybridized carbons (Fsp3) is 0.357. The summed E-state index contributed by atoms with van der Waals surface area (Å²) in [6, 6.07) is 5.95. The van der Waals surface area contributed by atoms with Crippen LogP contribution < -0.4 is 0 Å². The van der Waals surface area contributed by atoms with Crippen LogP contribution in [0, 0.1) is 25.7 Å². The first-order valence-electron chi connectivity index (χ1n) is 5.14. The highest BCUT2D eigenvalue weighted by Crippen LogP contribution is 2.11. The van der Waals surface area contributed by atoms with Crippen LogP contribution in [-0.4, -0.2) is 5.78 Å². The molecular formula is C14H16O. The minimum atomic E-state index is 0.185. The Bertz CT molecular complexity index is 398. The molecule has 1 aromatic rings. The van der Waals surface area contributed by atoms with Crippen LogP contribution in [0.15, 0.2) is 18.2 Å². The molecule has 0 aliphatic carbocycles. The van der Waals surface area contributed by atoms with E-state index < -0.39 is 0 Å². The van der Waals surface area contributed by atoms with E-state index in [1.165, 1.54) is 0 Å². The van der Waals surface area contributed by atoms with Crippen molar-refractivity contribution in [1.29, 1.82) is 0 Å². The summed E-state index contributed by atoms with van der Waals surface area (Å²) in [7, 11) is 0. The van der Waals surface area contributed by atoms with E-state index in [4.69, 9.17) is 0 Å². The minimum Gasteiger partial charge on any atom is -0.294 e. The monoisotopic (exact) mass is 200 g/mol. The van der Waals surface area contributed by atoms with Gasteiger partial charge in [-0.25, -0.2) is 0 Å². The predicted molar refractivity (Wildman–Crippen MR) is 62.9 cm³/mol. The Morgan fingerprint density at radius 1 is 1.20 bits per heavy atom. The standard InChI is InChI=1S/C14H16O/c1-4-5-6-7-14(15)13-9-11(2)8-12(3)10-13/h8-10H,6-7H2,1-3H3. The van der Waals surface area contributed by atoms with Gasteiger partial charge in [-0.2, -0.15) is 0 Å². The molecule has 1 aromatic carbocycles. The zero-order valence-electron chi connectivity index (χ0n) is 9.55. The molecule has 0 fully saturated rings. The summed E-state index contributed by atoms with van der Waals surface area (Å²) in [5.41, 5.74) is 3.09. The van der Waals surface area contributed by atoms with Crippen molar-refractivity contribution in [2.24, 2.45) is 0 Å². The molecular weight excluding hydrogens is 184 g/mol. The third kappa shape index (κ3) is 3.59. The average Bonchev–Trinajstić information content (AvgIpc) is 2.16. The molecule has 1 heteroatoms. The molecule has 1 rings (SSSR count). The van der Waals surface area contributed by atoms with Crippen LogP contribution in [-0.2, 0) is 0 Å². The molecule has 0 aliphatic heterocycles. The van der Waals surface area contributed by atoms with Gasteiger partial charge in [0.15, 0.2) is 5.78 Å². The highest BCUT2D eigenvalue weighted by atomic mass is 16.1. The Hall–Kier alpha value is -1.55. The molecule has 0 aliphatic rings. The lowest BCUT2D eigenvalue weighted by molar-refractivity contribution is 0.0984. The molecule has 0 spiro atoms. The highest BCUT2D eigenvalue weighted by molar-refractivity contribution is 5.96. The average molecular weight is 200 g/mol. The van der Waals surface area contributed by atoms with Crippen LogP contribution in [0.1, 0.15) is 41.3 Å². The van der Waals surface area contributed by atoms with Crippen molar-refractivity contribution in [3.05, 3.63) is 34.9 Å². The Balaban J connectivity index is 2.76. The Morgan fingerprint density at radius 3 is 2.33 bits per heavy atom. The first-order chi connectivity index (χ1) is 7.13. The summed E-state index contributed by atoms with van der Waals surface area (Å²) < 4.78 is 0.